The lowest BCUT2D eigenvalue weighted by molar-refractivity contribution is -0.118. The van der Waals surface area contributed by atoms with Gasteiger partial charge in [0.2, 0.25) is 5.91 Å². The molecule has 0 unspecified atom stereocenters. The van der Waals surface area contributed by atoms with Crippen LogP contribution < -0.4 is 5.32 Å². The zero-order chi connectivity index (χ0) is 19.1. The number of ether oxygens (including phenoxy) is 1. The summed E-state index contributed by atoms with van der Waals surface area (Å²) in [5, 5.41) is 12.6. The number of rotatable bonds is 9. The molecule has 0 bridgehead atoms. The second kappa shape index (κ2) is 9.59. The van der Waals surface area contributed by atoms with Crippen LogP contribution in [0.25, 0.3) is 11.4 Å². The van der Waals surface area contributed by atoms with Crippen molar-refractivity contribution in [1.29, 1.82) is 0 Å². The SMILES string of the molecule is COCCNC(=O)CSc1nnc(-c2ccc(Cl)cc2)n1Cc1ccco1. The first-order chi connectivity index (χ1) is 13.2. The van der Waals surface area contributed by atoms with Gasteiger partial charge in [-0.25, -0.2) is 0 Å². The molecule has 0 atom stereocenters. The average molecular weight is 407 g/mol. The molecule has 27 heavy (non-hydrogen) atoms. The lowest BCUT2D eigenvalue weighted by atomic mass is 10.2. The molecular weight excluding hydrogens is 388 g/mol. The van der Waals surface area contributed by atoms with E-state index in [0.717, 1.165) is 11.3 Å². The third kappa shape index (κ3) is 5.35. The molecule has 142 valence electrons. The highest BCUT2D eigenvalue weighted by molar-refractivity contribution is 7.99. The summed E-state index contributed by atoms with van der Waals surface area (Å²) >= 11 is 7.30. The van der Waals surface area contributed by atoms with Crippen molar-refractivity contribution in [2.75, 3.05) is 26.0 Å². The van der Waals surface area contributed by atoms with Crippen LogP contribution in [0.3, 0.4) is 0 Å². The van der Waals surface area contributed by atoms with Gasteiger partial charge in [-0.05, 0) is 36.4 Å². The zero-order valence-electron chi connectivity index (χ0n) is 14.7. The number of nitrogens with zero attached hydrogens (tertiary/aromatic N) is 3. The lowest BCUT2D eigenvalue weighted by Gasteiger charge is -2.09. The van der Waals surface area contributed by atoms with E-state index in [4.69, 9.17) is 20.8 Å². The number of nitrogens with one attached hydrogen (secondary N) is 1. The van der Waals surface area contributed by atoms with Gasteiger partial charge < -0.3 is 14.5 Å². The number of hydrogen-bond donors (Lipinski definition) is 1. The molecule has 0 fully saturated rings. The second-order valence-electron chi connectivity index (χ2n) is 5.61. The first-order valence-corrected chi connectivity index (χ1v) is 9.63. The van der Waals surface area contributed by atoms with Crippen LogP contribution in [0.1, 0.15) is 5.76 Å². The molecule has 2 aromatic heterocycles. The third-order valence-corrected chi connectivity index (χ3v) is 4.89. The van der Waals surface area contributed by atoms with Crippen molar-refractivity contribution < 1.29 is 13.9 Å². The Kier molecular flexibility index (Phi) is 6.92. The summed E-state index contributed by atoms with van der Waals surface area (Å²) in [5.41, 5.74) is 0.884. The Balaban J connectivity index is 1.78. The molecule has 9 heteroatoms. The van der Waals surface area contributed by atoms with E-state index >= 15 is 0 Å². The highest BCUT2D eigenvalue weighted by Crippen LogP contribution is 2.26. The van der Waals surface area contributed by atoms with Crippen LogP contribution in [0.2, 0.25) is 5.02 Å². The van der Waals surface area contributed by atoms with Crippen molar-refractivity contribution in [3.63, 3.8) is 0 Å². The van der Waals surface area contributed by atoms with E-state index in [2.05, 4.69) is 15.5 Å². The maximum atomic E-state index is 12.0. The summed E-state index contributed by atoms with van der Waals surface area (Å²) in [5.74, 6) is 1.61. The normalized spacial score (nSPS) is 10.9. The average Bonchev–Trinajstić information content (AvgIpc) is 3.32. The smallest absolute Gasteiger partial charge is 0.230 e. The molecule has 3 aromatic rings. The minimum Gasteiger partial charge on any atom is -0.467 e. The number of carbonyl (C=O) groups is 1. The molecule has 1 amide bonds. The Morgan fingerprint density at radius 3 is 2.81 bits per heavy atom. The molecule has 0 saturated heterocycles. The number of aromatic nitrogens is 3. The number of halogens is 1. The Labute approximate surface area is 166 Å². The molecule has 1 N–H and O–H groups in total. The molecule has 0 saturated carbocycles. The molecule has 0 spiro atoms. The maximum Gasteiger partial charge on any atom is 0.230 e. The van der Waals surface area contributed by atoms with Crippen LogP contribution >= 0.6 is 23.4 Å². The van der Waals surface area contributed by atoms with E-state index in [-0.39, 0.29) is 11.7 Å². The quantitative estimate of drug-likeness (QED) is 0.434. The first-order valence-electron chi connectivity index (χ1n) is 8.27. The molecule has 7 nitrogen and oxygen atoms in total. The van der Waals surface area contributed by atoms with E-state index < -0.39 is 0 Å². The van der Waals surface area contributed by atoms with Gasteiger partial charge in [-0.1, -0.05) is 23.4 Å². The molecule has 0 aliphatic heterocycles. The predicted molar refractivity (Wildman–Crippen MR) is 104 cm³/mol. The fourth-order valence-electron chi connectivity index (χ4n) is 2.38. The van der Waals surface area contributed by atoms with Gasteiger partial charge in [-0.2, -0.15) is 0 Å². The highest BCUT2D eigenvalue weighted by atomic mass is 35.5. The van der Waals surface area contributed by atoms with Crippen LogP contribution in [-0.2, 0) is 16.1 Å². The van der Waals surface area contributed by atoms with Gasteiger partial charge in [0.05, 0.1) is 25.2 Å². The van der Waals surface area contributed by atoms with Crippen LogP contribution in [0.4, 0.5) is 0 Å². The number of benzene rings is 1. The minimum absolute atomic E-state index is 0.0855. The Morgan fingerprint density at radius 1 is 1.30 bits per heavy atom. The van der Waals surface area contributed by atoms with Gasteiger partial charge in [-0.3, -0.25) is 9.36 Å². The zero-order valence-corrected chi connectivity index (χ0v) is 16.3. The standard InChI is InChI=1S/C18H19ClN4O3S/c1-25-10-8-20-16(24)12-27-18-22-21-17(13-4-6-14(19)7-5-13)23(18)11-15-3-2-9-26-15/h2-7,9H,8,10-12H2,1H3,(H,20,24). The van der Waals surface area contributed by atoms with Gasteiger partial charge in [0.15, 0.2) is 11.0 Å². The molecule has 0 aliphatic rings. The number of thioether (sulfide) groups is 1. The van der Waals surface area contributed by atoms with Crippen LogP contribution in [0.5, 0.6) is 0 Å². The summed E-state index contributed by atoms with van der Waals surface area (Å²) in [7, 11) is 1.59. The van der Waals surface area contributed by atoms with Crippen LogP contribution in [-0.4, -0.2) is 46.7 Å². The van der Waals surface area contributed by atoms with Gasteiger partial charge in [0.25, 0.3) is 0 Å². The Hall–Kier alpha value is -2.29. The van der Waals surface area contributed by atoms with Crippen molar-refractivity contribution in [3.8, 4) is 11.4 Å². The van der Waals surface area contributed by atoms with Crippen molar-refractivity contribution in [2.45, 2.75) is 11.7 Å². The summed E-state index contributed by atoms with van der Waals surface area (Å²) < 4.78 is 12.3. The van der Waals surface area contributed by atoms with Crippen LogP contribution in [0, 0.1) is 0 Å². The maximum absolute atomic E-state index is 12.0. The number of furan rings is 1. The van der Waals surface area contributed by atoms with E-state index in [1.54, 1.807) is 25.5 Å². The lowest BCUT2D eigenvalue weighted by Crippen LogP contribution is -2.28. The van der Waals surface area contributed by atoms with Crippen molar-refractivity contribution in [1.82, 2.24) is 20.1 Å². The van der Waals surface area contributed by atoms with Crippen molar-refractivity contribution >= 4 is 29.3 Å². The van der Waals surface area contributed by atoms with Crippen molar-refractivity contribution in [2.24, 2.45) is 0 Å². The Bertz CT molecular complexity index is 865. The topological polar surface area (TPSA) is 82.2 Å². The Morgan fingerprint density at radius 2 is 2.11 bits per heavy atom. The fraction of sp³-hybridized carbons (Fsp3) is 0.278. The van der Waals surface area contributed by atoms with Gasteiger partial charge in [0, 0.05) is 24.2 Å². The second-order valence-corrected chi connectivity index (χ2v) is 6.99. The van der Waals surface area contributed by atoms with E-state index in [9.17, 15) is 4.79 Å². The molecular formula is C18H19ClN4O3S. The molecule has 3 rings (SSSR count). The predicted octanol–water partition coefficient (Wildman–Crippen LogP) is 3.09. The number of methoxy groups -OCH3 is 1. The summed E-state index contributed by atoms with van der Waals surface area (Å²) in [4.78, 5) is 12.0. The van der Waals surface area contributed by atoms with E-state index in [1.165, 1.54) is 11.8 Å². The molecule has 1 aromatic carbocycles. The third-order valence-electron chi connectivity index (χ3n) is 3.67. The summed E-state index contributed by atoms with van der Waals surface area (Å²) in [6.07, 6.45) is 1.62. The number of carbonyl (C=O) groups excluding carboxylic acids is 1. The van der Waals surface area contributed by atoms with Crippen molar-refractivity contribution in [3.05, 3.63) is 53.4 Å². The number of hydrogen-bond acceptors (Lipinski definition) is 6. The van der Waals surface area contributed by atoms with Gasteiger partial charge in [0.1, 0.15) is 5.76 Å². The van der Waals surface area contributed by atoms with Crippen LogP contribution in [0.15, 0.2) is 52.2 Å². The van der Waals surface area contributed by atoms with E-state index in [1.807, 2.05) is 28.8 Å². The molecule has 0 radical (unpaired) electrons. The highest BCUT2D eigenvalue weighted by Gasteiger charge is 2.17. The first kappa shape index (κ1) is 19.5. The van der Waals surface area contributed by atoms with E-state index in [0.29, 0.717) is 35.7 Å². The monoisotopic (exact) mass is 406 g/mol. The fourth-order valence-corrected chi connectivity index (χ4v) is 3.28. The van der Waals surface area contributed by atoms with Gasteiger partial charge >= 0.3 is 0 Å². The summed E-state index contributed by atoms with van der Waals surface area (Å²) in [6.45, 7) is 1.42. The molecule has 2 heterocycles. The summed E-state index contributed by atoms with van der Waals surface area (Å²) in [6, 6.07) is 11.1. The van der Waals surface area contributed by atoms with Gasteiger partial charge in [-0.15, -0.1) is 10.2 Å². The molecule has 0 aliphatic carbocycles. The number of amides is 1. The minimum atomic E-state index is -0.0855. The largest absolute Gasteiger partial charge is 0.467 e.